The zero-order valence-electron chi connectivity index (χ0n) is 15.4. The lowest BCUT2D eigenvalue weighted by Crippen LogP contribution is -2.49. The third kappa shape index (κ3) is 5.44. The van der Waals surface area contributed by atoms with E-state index in [9.17, 15) is 14.0 Å². The number of fused-ring (bicyclic) bond motifs is 1. The number of alkyl carbamates (subject to hydrolysis) is 1. The van der Waals surface area contributed by atoms with Crippen LogP contribution in [-0.2, 0) is 22.4 Å². The summed E-state index contributed by atoms with van der Waals surface area (Å²) in [6.45, 7) is 9.11. The van der Waals surface area contributed by atoms with Gasteiger partial charge in [-0.05, 0) is 64.7 Å². The fraction of sp³-hybridized carbons (Fsp3) is 0.579. The molecule has 1 aromatic rings. The molecule has 0 saturated heterocycles. The Morgan fingerprint density at radius 1 is 1.28 bits per heavy atom. The maximum Gasteiger partial charge on any atom is 0.408 e. The number of benzene rings is 1. The molecule has 0 heterocycles. The van der Waals surface area contributed by atoms with Gasteiger partial charge >= 0.3 is 6.09 Å². The molecule has 6 heteroatoms. The Kier molecular flexibility index (Phi) is 5.40. The second kappa shape index (κ2) is 7.02. The molecular weight excluding hydrogens is 325 g/mol. The molecule has 5 nitrogen and oxygen atoms in total. The first kappa shape index (κ1) is 19.2. The first-order valence-corrected chi connectivity index (χ1v) is 8.40. The molecule has 0 radical (unpaired) electrons. The SMILES string of the molecule is CC(C)(COc1cc(F)c2c(c1)CC(C=O)C2)NC(=O)OC(C)(C)C. The second-order valence-electron chi connectivity index (χ2n) is 8.15. The van der Waals surface area contributed by atoms with Gasteiger partial charge in [0.2, 0.25) is 0 Å². The molecule has 0 bridgehead atoms. The fourth-order valence-corrected chi connectivity index (χ4v) is 2.75. The van der Waals surface area contributed by atoms with Crippen LogP contribution in [0.5, 0.6) is 5.75 Å². The van der Waals surface area contributed by atoms with Crippen molar-refractivity contribution in [2.45, 2.75) is 58.6 Å². The van der Waals surface area contributed by atoms with Crippen molar-refractivity contribution in [3.63, 3.8) is 0 Å². The third-order valence-electron chi connectivity index (χ3n) is 3.84. The van der Waals surface area contributed by atoms with E-state index in [0.29, 0.717) is 24.2 Å². The van der Waals surface area contributed by atoms with Gasteiger partial charge in [0.05, 0.1) is 5.54 Å². The summed E-state index contributed by atoms with van der Waals surface area (Å²) < 4.78 is 25.1. The van der Waals surface area contributed by atoms with E-state index >= 15 is 0 Å². The highest BCUT2D eigenvalue weighted by molar-refractivity contribution is 5.68. The van der Waals surface area contributed by atoms with E-state index in [1.54, 1.807) is 40.7 Å². The Morgan fingerprint density at radius 3 is 2.56 bits per heavy atom. The number of aldehydes is 1. The van der Waals surface area contributed by atoms with Gasteiger partial charge in [0.1, 0.15) is 30.1 Å². The molecule has 0 aromatic heterocycles. The van der Waals surface area contributed by atoms with Gasteiger partial charge in [0.25, 0.3) is 0 Å². The zero-order valence-corrected chi connectivity index (χ0v) is 15.4. The Bertz CT molecular complexity index is 664. The molecule has 1 atom stereocenters. The third-order valence-corrected chi connectivity index (χ3v) is 3.84. The summed E-state index contributed by atoms with van der Waals surface area (Å²) in [4.78, 5) is 22.8. The van der Waals surface area contributed by atoms with Gasteiger partial charge in [-0.2, -0.15) is 0 Å². The number of carbonyl (C=O) groups is 2. The largest absolute Gasteiger partial charge is 0.491 e. The van der Waals surface area contributed by atoms with Gasteiger partial charge in [-0.3, -0.25) is 0 Å². The second-order valence-corrected chi connectivity index (χ2v) is 8.15. The number of hydrogen-bond acceptors (Lipinski definition) is 4. The van der Waals surface area contributed by atoms with E-state index < -0.39 is 17.2 Å². The summed E-state index contributed by atoms with van der Waals surface area (Å²) in [5.41, 5.74) is 0.128. The number of ether oxygens (including phenoxy) is 2. The van der Waals surface area contributed by atoms with Crippen LogP contribution < -0.4 is 10.1 Å². The van der Waals surface area contributed by atoms with Crippen LogP contribution in [0.15, 0.2) is 12.1 Å². The first-order chi connectivity index (χ1) is 11.5. The van der Waals surface area contributed by atoms with Crippen LogP contribution in [0.25, 0.3) is 0 Å². The molecule has 1 aromatic carbocycles. The van der Waals surface area contributed by atoms with Crippen LogP contribution in [-0.4, -0.2) is 30.1 Å². The van der Waals surface area contributed by atoms with E-state index in [0.717, 1.165) is 11.8 Å². The smallest absolute Gasteiger partial charge is 0.408 e. The summed E-state index contributed by atoms with van der Waals surface area (Å²) >= 11 is 0. The zero-order chi connectivity index (χ0) is 18.8. The van der Waals surface area contributed by atoms with Crippen LogP contribution in [0.2, 0.25) is 0 Å². The fourth-order valence-electron chi connectivity index (χ4n) is 2.75. The summed E-state index contributed by atoms with van der Waals surface area (Å²) in [5.74, 6) is -0.123. The lowest BCUT2D eigenvalue weighted by Gasteiger charge is -2.28. The quantitative estimate of drug-likeness (QED) is 0.826. The van der Waals surface area contributed by atoms with Crippen molar-refractivity contribution in [1.29, 1.82) is 0 Å². The molecule has 0 fully saturated rings. The van der Waals surface area contributed by atoms with Crippen molar-refractivity contribution < 1.29 is 23.5 Å². The number of rotatable bonds is 5. The lowest BCUT2D eigenvalue weighted by atomic mass is 10.1. The van der Waals surface area contributed by atoms with E-state index in [1.165, 1.54) is 6.07 Å². The number of halogens is 1. The van der Waals surface area contributed by atoms with Crippen LogP contribution in [0.1, 0.15) is 45.7 Å². The number of nitrogens with one attached hydrogen (secondary N) is 1. The minimum atomic E-state index is -0.691. The Labute approximate surface area is 147 Å². The van der Waals surface area contributed by atoms with Gasteiger partial charge in [0.15, 0.2) is 0 Å². The van der Waals surface area contributed by atoms with E-state index in [-0.39, 0.29) is 18.3 Å². The van der Waals surface area contributed by atoms with Gasteiger partial charge in [-0.25, -0.2) is 9.18 Å². The summed E-state index contributed by atoms with van der Waals surface area (Å²) in [6.07, 6.45) is 1.31. The highest BCUT2D eigenvalue weighted by Gasteiger charge is 2.27. The topological polar surface area (TPSA) is 64.6 Å². The first-order valence-electron chi connectivity index (χ1n) is 8.40. The summed E-state index contributed by atoms with van der Waals surface area (Å²) in [5, 5.41) is 2.74. The highest BCUT2D eigenvalue weighted by Crippen LogP contribution is 2.31. The monoisotopic (exact) mass is 351 g/mol. The van der Waals surface area contributed by atoms with Crippen LogP contribution in [0, 0.1) is 11.7 Å². The average Bonchev–Trinajstić information content (AvgIpc) is 2.86. The van der Waals surface area contributed by atoms with E-state index in [2.05, 4.69) is 5.32 Å². The normalized spacial score (nSPS) is 17.0. The van der Waals surface area contributed by atoms with Crippen molar-refractivity contribution in [3.05, 3.63) is 29.1 Å². The van der Waals surface area contributed by atoms with Crippen molar-refractivity contribution in [3.8, 4) is 5.75 Å². The Balaban J connectivity index is 1.98. The van der Waals surface area contributed by atoms with Gasteiger partial charge in [-0.15, -0.1) is 0 Å². The van der Waals surface area contributed by atoms with Crippen LogP contribution in [0.4, 0.5) is 9.18 Å². The number of carbonyl (C=O) groups excluding carboxylic acids is 2. The van der Waals surface area contributed by atoms with Crippen molar-refractivity contribution >= 4 is 12.4 Å². The van der Waals surface area contributed by atoms with Crippen molar-refractivity contribution in [2.75, 3.05) is 6.61 Å². The molecule has 1 N–H and O–H groups in total. The Hall–Kier alpha value is -2.11. The minimum absolute atomic E-state index is 0.154. The van der Waals surface area contributed by atoms with E-state index in [4.69, 9.17) is 9.47 Å². The van der Waals surface area contributed by atoms with Crippen molar-refractivity contribution in [1.82, 2.24) is 5.32 Å². The molecule has 0 saturated carbocycles. The molecule has 25 heavy (non-hydrogen) atoms. The maximum atomic E-state index is 14.2. The average molecular weight is 351 g/mol. The molecule has 1 amide bonds. The molecule has 0 aliphatic heterocycles. The molecule has 0 spiro atoms. The Morgan fingerprint density at radius 2 is 1.96 bits per heavy atom. The predicted molar refractivity (Wildman–Crippen MR) is 92.3 cm³/mol. The van der Waals surface area contributed by atoms with Gasteiger partial charge < -0.3 is 19.6 Å². The predicted octanol–water partition coefficient (Wildman–Crippen LogP) is 3.42. The van der Waals surface area contributed by atoms with Gasteiger partial charge in [0, 0.05) is 12.0 Å². The highest BCUT2D eigenvalue weighted by atomic mass is 19.1. The van der Waals surface area contributed by atoms with Gasteiger partial charge in [-0.1, -0.05) is 0 Å². The molecule has 2 rings (SSSR count). The minimum Gasteiger partial charge on any atom is -0.491 e. The summed E-state index contributed by atoms with van der Waals surface area (Å²) in [7, 11) is 0. The molecule has 1 aliphatic carbocycles. The molecule has 138 valence electrons. The summed E-state index contributed by atoms with van der Waals surface area (Å²) in [6, 6.07) is 3.10. The van der Waals surface area contributed by atoms with Crippen LogP contribution in [0.3, 0.4) is 0 Å². The molecule has 1 aliphatic rings. The van der Waals surface area contributed by atoms with Crippen molar-refractivity contribution in [2.24, 2.45) is 5.92 Å². The molecular formula is C19H26FNO4. The number of amides is 1. The van der Waals surface area contributed by atoms with Crippen LogP contribution >= 0.6 is 0 Å². The molecule has 1 unspecified atom stereocenters. The standard InChI is InChI=1S/C19H26FNO4/c1-18(2,3)25-17(23)21-19(4,5)11-24-14-8-13-6-12(10-22)7-15(13)16(20)9-14/h8-10,12H,6-7,11H2,1-5H3,(H,21,23). The van der Waals surface area contributed by atoms with E-state index in [1.807, 2.05) is 0 Å². The maximum absolute atomic E-state index is 14.2. The number of hydrogen-bond donors (Lipinski definition) is 1. The lowest BCUT2D eigenvalue weighted by molar-refractivity contribution is -0.110.